The number of hydrogen-bond donors (Lipinski definition) is 0. The summed E-state index contributed by atoms with van der Waals surface area (Å²) in [4.78, 5) is 2.40. The lowest BCUT2D eigenvalue weighted by Crippen LogP contribution is -2.16. The van der Waals surface area contributed by atoms with Crippen molar-refractivity contribution in [3.63, 3.8) is 0 Å². The zero-order chi connectivity index (χ0) is 36.1. The van der Waals surface area contributed by atoms with Crippen LogP contribution in [0.1, 0.15) is 25.0 Å². The Hall–Kier alpha value is -6.71. The van der Waals surface area contributed by atoms with Crippen molar-refractivity contribution in [2.75, 3.05) is 4.90 Å². The highest BCUT2D eigenvalue weighted by atomic mass is 19.1. The monoisotopic (exact) mass is 694 g/mol. The molecule has 0 spiro atoms. The van der Waals surface area contributed by atoms with E-state index in [1.165, 1.54) is 65.7 Å². The first-order valence-corrected chi connectivity index (χ1v) is 18.6. The molecular weight excluding hydrogens is 660 g/mol. The van der Waals surface area contributed by atoms with Crippen molar-refractivity contribution < 1.29 is 4.39 Å². The molecule has 2 nitrogen and oxygen atoms in total. The van der Waals surface area contributed by atoms with Gasteiger partial charge >= 0.3 is 0 Å². The highest BCUT2D eigenvalue weighted by Gasteiger charge is 2.36. The Morgan fingerprint density at radius 3 is 2.02 bits per heavy atom. The number of benzene rings is 9. The summed E-state index contributed by atoms with van der Waals surface area (Å²) in [6, 6.07) is 62.3. The quantitative estimate of drug-likeness (QED) is 0.163. The van der Waals surface area contributed by atoms with Crippen LogP contribution < -0.4 is 4.90 Å². The largest absolute Gasteiger partial charge is 0.310 e. The lowest BCUT2D eigenvalue weighted by atomic mass is 9.81. The third-order valence-corrected chi connectivity index (χ3v) is 11.8. The zero-order valence-corrected chi connectivity index (χ0v) is 30.0. The van der Waals surface area contributed by atoms with Crippen molar-refractivity contribution in [1.29, 1.82) is 0 Å². The number of rotatable bonds is 5. The lowest BCUT2D eigenvalue weighted by Gasteiger charge is -2.29. The SMILES string of the molecule is CC1(C)c2cc(-c3cc4ccc5cccc6c5c4c(c3)n6-c3ccc(F)cc3)ccc2-c2ccc(N(c3ccccc3)c3cccc4ccccc34)cc21. The smallest absolute Gasteiger partial charge is 0.123 e. The molecule has 0 radical (unpaired) electrons. The first kappa shape index (κ1) is 30.9. The molecule has 1 heterocycles. The minimum Gasteiger partial charge on any atom is -0.310 e. The van der Waals surface area contributed by atoms with Crippen LogP contribution in [0.2, 0.25) is 0 Å². The van der Waals surface area contributed by atoms with Crippen molar-refractivity contribution in [1.82, 2.24) is 4.57 Å². The van der Waals surface area contributed by atoms with E-state index >= 15 is 0 Å². The van der Waals surface area contributed by atoms with Gasteiger partial charge in [-0.05, 0) is 128 Å². The molecule has 10 aromatic rings. The van der Waals surface area contributed by atoms with E-state index < -0.39 is 0 Å². The minimum absolute atomic E-state index is 0.228. The Kier molecular flexibility index (Phi) is 6.51. The van der Waals surface area contributed by atoms with Gasteiger partial charge in [-0.2, -0.15) is 0 Å². The summed E-state index contributed by atoms with van der Waals surface area (Å²) in [6.45, 7) is 4.72. The highest BCUT2D eigenvalue weighted by molar-refractivity contribution is 6.25. The molecule has 9 aromatic carbocycles. The van der Waals surface area contributed by atoms with Gasteiger partial charge < -0.3 is 9.47 Å². The van der Waals surface area contributed by atoms with Crippen LogP contribution in [0.4, 0.5) is 21.5 Å². The summed E-state index contributed by atoms with van der Waals surface area (Å²) < 4.78 is 16.4. The third kappa shape index (κ3) is 4.45. The Balaban J connectivity index is 1.06. The predicted octanol–water partition coefficient (Wildman–Crippen LogP) is 14.1. The van der Waals surface area contributed by atoms with Crippen molar-refractivity contribution >= 4 is 60.4 Å². The van der Waals surface area contributed by atoms with Gasteiger partial charge in [-0.1, -0.05) is 111 Å². The van der Waals surface area contributed by atoms with Gasteiger partial charge in [0.25, 0.3) is 0 Å². The van der Waals surface area contributed by atoms with Crippen LogP contribution >= 0.6 is 0 Å². The van der Waals surface area contributed by atoms with Crippen molar-refractivity contribution in [2.24, 2.45) is 0 Å². The van der Waals surface area contributed by atoms with Gasteiger partial charge in [-0.15, -0.1) is 0 Å². The highest BCUT2D eigenvalue weighted by Crippen LogP contribution is 2.52. The van der Waals surface area contributed by atoms with E-state index in [1.807, 2.05) is 12.1 Å². The second-order valence-corrected chi connectivity index (χ2v) is 15.1. The van der Waals surface area contributed by atoms with Crippen LogP contribution in [0, 0.1) is 5.82 Å². The average molecular weight is 695 g/mol. The molecule has 1 aliphatic rings. The molecule has 0 bridgehead atoms. The molecule has 1 aromatic heterocycles. The summed E-state index contributed by atoms with van der Waals surface area (Å²) in [5, 5.41) is 7.34. The van der Waals surface area contributed by atoms with E-state index in [2.05, 4.69) is 175 Å². The molecule has 0 amide bonds. The first-order chi connectivity index (χ1) is 26.4. The number of para-hydroxylation sites is 1. The molecule has 3 heteroatoms. The predicted molar refractivity (Wildman–Crippen MR) is 225 cm³/mol. The van der Waals surface area contributed by atoms with E-state index in [0.29, 0.717) is 0 Å². The van der Waals surface area contributed by atoms with Gasteiger partial charge in [-0.25, -0.2) is 4.39 Å². The number of hydrogen-bond acceptors (Lipinski definition) is 1. The molecule has 0 fully saturated rings. The summed E-state index contributed by atoms with van der Waals surface area (Å²) in [5.41, 5.74) is 14.0. The van der Waals surface area contributed by atoms with Crippen LogP contribution in [0.3, 0.4) is 0 Å². The van der Waals surface area contributed by atoms with Crippen LogP contribution in [0.15, 0.2) is 176 Å². The Labute approximate surface area is 313 Å². The van der Waals surface area contributed by atoms with E-state index in [0.717, 1.165) is 33.8 Å². The molecule has 54 heavy (non-hydrogen) atoms. The summed E-state index contributed by atoms with van der Waals surface area (Å²) in [6.07, 6.45) is 0. The molecule has 0 atom stereocenters. The fraction of sp³-hybridized carbons (Fsp3) is 0.0588. The molecule has 0 saturated heterocycles. The van der Waals surface area contributed by atoms with Gasteiger partial charge in [-0.3, -0.25) is 0 Å². The second-order valence-electron chi connectivity index (χ2n) is 15.1. The summed E-state index contributed by atoms with van der Waals surface area (Å²) in [7, 11) is 0. The Morgan fingerprint density at radius 2 is 1.17 bits per heavy atom. The first-order valence-electron chi connectivity index (χ1n) is 18.6. The van der Waals surface area contributed by atoms with Crippen LogP contribution in [0.25, 0.3) is 71.3 Å². The van der Waals surface area contributed by atoms with Crippen molar-refractivity contribution in [3.8, 4) is 27.9 Å². The van der Waals surface area contributed by atoms with Crippen molar-refractivity contribution in [2.45, 2.75) is 19.3 Å². The number of nitrogens with zero attached hydrogens (tertiary/aromatic N) is 2. The number of fused-ring (bicyclic) bond motifs is 4. The van der Waals surface area contributed by atoms with E-state index in [4.69, 9.17) is 0 Å². The molecule has 0 N–H and O–H groups in total. The van der Waals surface area contributed by atoms with Gasteiger partial charge in [0.05, 0.1) is 16.7 Å². The summed E-state index contributed by atoms with van der Waals surface area (Å²) >= 11 is 0. The molecule has 0 saturated carbocycles. The maximum Gasteiger partial charge on any atom is 0.123 e. The molecule has 1 aliphatic carbocycles. The topological polar surface area (TPSA) is 8.17 Å². The van der Waals surface area contributed by atoms with Gasteiger partial charge in [0.15, 0.2) is 0 Å². The Bertz CT molecular complexity index is 3080. The minimum atomic E-state index is -0.234. The number of halogens is 1. The van der Waals surface area contributed by atoms with E-state index in [-0.39, 0.29) is 11.2 Å². The van der Waals surface area contributed by atoms with Crippen LogP contribution in [-0.2, 0) is 5.41 Å². The molecule has 0 aliphatic heterocycles. The fourth-order valence-electron chi connectivity index (χ4n) is 9.18. The Morgan fingerprint density at radius 1 is 0.481 bits per heavy atom. The maximum atomic E-state index is 14.1. The second kappa shape index (κ2) is 11.4. The summed E-state index contributed by atoms with van der Waals surface area (Å²) in [5.74, 6) is -0.234. The maximum absolute atomic E-state index is 14.1. The normalized spacial score (nSPS) is 13.2. The molecule has 0 unspecified atom stereocenters. The fourth-order valence-corrected chi connectivity index (χ4v) is 9.18. The van der Waals surface area contributed by atoms with Gasteiger partial charge in [0, 0.05) is 38.6 Å². The molecular formula is C51H35FN2. The van der Waals surface area contributed by atoms with Crippen LogP contribution in [-0.4, -0.2) is 4.57 Å². The van der Waals surface area contributed by atoms with E-state index in [9.17, 15) is 4.39 Å². The van der Waals surface area contributed by atoms with Gasteiger partial charge in [0.2, 0.25) is 0 Å². The average Bonchev–Trinajstić information content (AvgIpc) is 3.66. The number of aromatic nitrogens is 1. The zero-order valence-electron chi connectivity index (χ0n) is 30.0. The lowest BCUT2D eigenvalue weighted by molar-refractivity contribution is 0.627. The third-order valence-electron chi connectivity index (χ3n) is 11.8. The number of anilines is 3. The van der Waals surface area contributed by atoms with Crippen LogP contribution in [0.5, 0.6) is 0 Å². The molecule has 256 valence electrons. The van der Waals surface area contributed by atoms with Gasteiger partial charge in [0.1, 0.15) is 5.82 Å². The molecule has 11 rings (SSSR count). The standard InChI is InChI=1S/C51H35FN2/c1-51(2)44-29-34(36-28-35-19-18-33-12-9-17-47-49(33)50(35)48(30-36)54(47)39-23-21-37(52)22-24-39)20-26-42(44)43-27-25-40(31-45(43)51)53(38-13-4-3-5-14-38)46-16-8-11-32-10-6-7-15-41(32)46/h3-31H,1-2H3. The van der Waals surface area contributed by atoms with E-state index in [1.54, 1.807) is 12.1 Å². The van der Waals surface area contributed by atoms with Crippen molar-refractivity contribution in [3.05, 3.63) is 193 Å².